The van der Waals surface area contributed by atoms with E-state index < -0.39 is 10.0 Å². The fourth-order valence-corrected chi connectivity index (χ4v) is 3.00. The van der Waals surface area contributed by atoms with Crippen LogP contribution < -0.4 is 4.72 Å². The first kappa shape index (κ1) is 12.9. The van der Waals surface area contributed by atoms with E-state index in [4.69, 9.17) is 11.6 Å². The molecule has 8 heteroatoms. The number of hydrogen-bond donors (Lipinski definition) is 2. The van der Waals surface area contributed by atoms with Crippen molar-refractivity contribution in [2.75, 3.05) is 4.72 Å². The third-order valence-corrected chi connectivity index (χ3v) is 4.34. The van der Waals surface area contributed by atoms with Crippen molar-refractivity contribution in [2.45, 2.75) is 5.03 Å². The molecule has 0 amide bonds. The molecule has 3 aromatic rings. The molecule has 1 aromatic carbocycles. The highest BCUT2D eigenvalue weighted by atomic mass is 35.5. The molecule has 0 aliphatic rings. The van der Waals surface area contributed by atoms with Crippen LogP contribution in [0.2, 0.25) is 5.02 Å². The molecule has 0 bridgehead atoms. The molecule has 3 rings (SSSR count). The third kappa shape index (κ3) is 2.21. The molecule has 6 nitrogen and oxygen atoms in total. The van der Waals surface area contributed by atoms with Crippen LogP contribution in [0.15, 0.2) is 48.0 Å². The van der Waals surface area contributed by atoms with E-state index in [1.54, 1.807) is 30.5 Å². The maximum absolute atomic E-state index is 12.1. The van der Waals surface area contributed by atoms with Crippen molar-refractivity contribution in [2.24, 2.45) is 0 Å². The molecule has 0 aliphatic heterocycles. The van der Waals surface area contributed by atoms with E-state index >= 15 is 0 Å². The number of sulfonamides is 1. The Labute approximate surface area is 119 Å². The first-order valence-electron chi connectivity index (χ1n) is 5.62. The lowest BCUT2D eigenvalue weighted by Gasteiger charge is -2.09. The van der Waals surface area contributed by atoms with Gasteiger partial charge in [-0.2, -0.15) is 8.42 Å². The predicted molar refractivity (Wildman–Crippen MR) is 76.1 cm³/mol. The monoisotopic (exact) mass is 308 g/mol. The van der Waals surface area contributed by atoms with Crippen LogP contribution >= 0.6 is 11.6 Å². The van der Waals surface area contributed by atoms with Crippen molar-refractivity contribution in [3.8, 4) is 0 Å². The van der Waals surface area contributed by atoms with Gasteiger partial charge in [0.2, 0.25) is 0 Å². The van der Waals surface area contributed by atoms with Gasteiger partial charge < -0.3 is 4.98 Å². The Morgan fingerprint density at radius 2 is 2.10 bits per heavy atom. The number of benzene rings is 1. The van der Waals surface area contributed by atoms with Gasteiger partial charge in [0.1, 0.15) is 0 Å². The first-order valence-corrected chi connectivity index (χ1v) is 7.48. The van der Waals surface area contributed by atoms with Gasteiger partial charge in [-0.1, -0.05) is 11.6 Å². The SMILES string of the molecule is O=S(=O)(Nc1ccc(Cl)c2cccnc12)c1cnc[nH]1. The minimum atomic E-state index is -3.73. The number of fused-ring (bicyclic) bond motifs is 1. The summed E-state index contributed by atoms with van der Waals surface area (Å²) in [5.74, 6) is 0. The maximum Gasteiger partial charge on any atom is 0.279 e. The summed E-state index contributed by atoms with van der Waals surface area (Å²) in [4.78, 5) is 10.4. The smallest absolute Gasteiger partial charge is 0.279 e. The Morgan fingerprint density at radius 3 is 2.85 bits per heavy atom. The number of aromatic nitrogens is 3. The van der Waals surface area contributed by atoms with Crippen LogP contribution in [0.3, 0.4) is 0 Å². The normalized spacial score (nSPS) is 11.7. The topological polar surface area (TPSA) is 87.7 Å². The fraction of sp³-hybridized carbons (Fsp3) is 0. The van der Waals surface area contributed by atoms with Crippen molar-refractivity contribution in [1.29, 1.82) is 0 Å². The number of rotatable bonds is 3. The van der Waals surface area contributed by atoms with Gasteiger partial charge in [-0.25, -0.2) is 4.98 Å². The number of nitrogens with zero attached hydrogens (tertiary/aromatic N) is 2. The van der Waals surface area contributed by atoms with Gasteiger partial charge >= 0.3 is 0 Å². The summed E-state index contributed by atoms with van der Waals surface area (Å²) in [5.41, 5.74) is 0.850. The lowest BCUT2D eigenvalue weighted by molar-refractivity contribution is 0.598. The second-order valence-corrected chi connectivity index (χ2v) is 6.07. The zero-order valence-electron chi connectivity index (χ0n) is 10.0. The molecule has 2 N–H and O–H groups in total. The fourth-order valence-electron chi connectivity index (χ4n) is 1.81. The molecule has 0 atom stereocenters. The van der Waals surface area contributed by atoms with E-state index in [0.717, 1.165) is 0 Å². The van der Waals surface area contributed by atoms with Crippen molar-refractivity contribution in [3.63, 3.8) is 0 Å². The van der Waals surface area contributed by atoms with Crippen molar-refractivity contribution in [1.82, 2.24) is 15.0 Å². The van der Waals surface area contributed by atoms with Crippen LogP contribution in [0.4, 0.5) is 5.69 Å². The van der Waals surface area contributed by atoms with E-state index in [0.29, 0.717) is 21.6 Å². The third-order valence-electron chi connectivity index (χ3n) is 2.72. The maximum atomic E-state index is 12.1. The van der Waals surface area contributed by atoms with Crippen LogP contribution in [0.5, 0.6) is 0 Å². The molecule has 0 aliphatic carbocycles. The van der Waals surface area contributed by atoms with Gasteiger partial charge in [-0.3, -0.25) is 9.71 Å². The van der Waals surface area contributed by atoms with E-state index in [1.165, 1.54) is 12.5 Å². The molecule has 0 unspecified atom stereocenters. The number of pyridine rings is 1. The lowest BCUT2D eigenvalue weighted by atomic mass is 10.2. The molecule has 102 valence electrons. The summed E-state index contributed by atoms with van der Waals surface area (Å²) in [6, 6.07) is 6.71. The second-order valence-electron chi connectivity index (χ2n) is 4.02. The Morgan fingerprint density at radius 1 is 1.25 bits per heavy atom. The zero-order valence-corrected chi connectivity index (χ0v) is 11.6. The minimum absolute atomic E-state index is 0.0171. The predicted octanol–water partition coefficient (Wildman–Crippen LogP) is 2.41. The number of imidazole rings is 1. The van der Waals surface area contributed by atoms with Gasteiger partial charge in [0.25, 0.3) is 10.0 Å². The number of hydrogen-bond acceptors (Lipinski definition) is 4. The van der Waals surface area contributed by atoms with Gasteiger partial charge in [0.15, 0.2) is 5.03 Å². The molecule has 0 saturated heterocycles. The second kappa shape index (κ2) is 4.77. The average Bonchev–Trinajstić information content (AvgIpc) is 2.97. The van der Waals surface area contributed by atoms with Gasteiger partial charge in [0.05, 0.1) is 28.8 Å². The standard InChI is InChI=1S/C12H9ClN4O2S/c13-9-3-4-10(12-8(9)2-1-5-15-12)17-20(18,19)11-6-14-7-16-11/h1-7,17H,(H,14,16). The molecular weight excluding hydrogens is 300 g/mol. The quantitative estimate of drug-likeness (QED) is 0.777. The van der Waals surface area contributed by atoms with E-state index in [2.05, 4.69) is 19.7 Å². The molecule has 2 aromatic heterocycles. The van der Waals surface area contributed by atoms with Gasteiger partial charge in [-0.15, -0.1) is 0 Å². The largest absolute Gasteiger partial charge is 0.334 e. The highest BCUT2D eigenvalue weighted by Gasteiger charge is 2.17. The summed E-state index contributed by atoms with van der Waals surface area (Å²) < 4.78 is 26.8. The summed E-state index contributed by atoms with van der Waals surface area (Å²) in [5, 5.41) is 1.17. The van der Waals surface area contributed by atoms with Crippen LogP contribution in [0.25, 0.3) is 10.9 Å². The van der Waals surface area contributed by atoms with Gasteiger partial charge in [-0.05, 0) is 24.3 Å². The van der Waals surface area contributed by atoms with Crippen molar-refractivity contribution >= 4 is 38.2 Å². The summed E-state index contributed by atoms with van der Waals surface area (Å²) in [6.07, 6.45) is 4.10. The summed E-state index contributed by atoms with van der Waals surface area (Å²) >= 11 is 6.07. The minimum Gasteiger partial charge on any atom is -0.334 e. The Hall–Kier alpha value is -2.12. The van der Waals surface area contributed by atoms with Crippen LogP contribution in [0, 0.1) is 0 Å². The number of halogens is 1. The number of aromatic amines is 1. The van der Waals surface area contributed by atoms with Gasteiger partial charge in [0, 0.05) is 11.6 Å². The van der Waals surface area contributed by atoms with Crippen molar-refractivity contribution in [3.05, 3.63) is 48.0 Å². The number of H-pyrrole nitrogens is 1. The van der Waals surface area contributed by atoms with E-state index in [1.807, 2.05) is 0 Å². The Kier molecular flexibility index (Phi) is 3.07. The molecule has 0 saturated carbocycles. The molecule has 2 heterocycles. The number of anilines is 1. The molecule has 0 radical (unpaired) electrons. The highest BCUT2D eigenvalue weighted by molar-refractivity contribution is 7.92. The van der Waals surface area contributed by atoms with E-state index in [9.17, 15) is 8.42 Å². The Balaban J connectivity index is 2.11. The van der Waals surface area contributed by atoms with Crippen LogP contribution in [0.1, 0.15) is 0 Å². The molecule has 0 fully saturated rings. The average molecular weight is 309 g/mol. The zero-order chi connectivity index (χ0) is 14.2. The van der Waals surface area contributed by atoms with Crippen LogP contribution in [-0.2, 0) is 10.0 Å². The summed E-state index contributed by atoms with van der Waals surface area (Å²) in [6.45, 7) is 0. The molecule has 0 spiro atoms. The highest BCUT2D eigenvalue weighted by Crippen LogP contribution is 2.29. The van der Waals surface area contributed by atoms with E-state index in [-0.39, 0.29) is 5.03 Å². The first-order chi connectivity index (χ1) is 9.58. The molecule has 20 heavy (non-hydrogen) atoms. The van der Waals surface area contributed by atoms with Crippen molar-refractivity contribution < 1.29 is 8.42 Å². The molecular formula is C12H9ClN4O2S. The summed E-state index contributed by atoms with van der Waals surface area (Å²) in [7, 11) is -3.73. The Bertz CT molecular complexity index is 862. The number of nitrogens with one attached hydrogen (secondary N) is 2. The van der Waals surface area contributed by atoms with Crippen LogP contribution in [-0.4, -0.2) is 23.4 Å². The lowest BCUT2D eigenvalue weighted by Crippen LogP contribution is -2.13.